The predicted molar refractivity (Wildman–Crippen MR) is 69.2 cm³/mol. The lowest BCUT2D eigenvalue weighted by atomic mass is 10.0. The van der Waals surface area contributed by atoms with Gasteiger partial charge in [0, 0.05) is 38.3 Å². The zero-order chi connectivity index (χ0) is 13.2. The summed E-state index contributed by atoms with van der Waals surface area (Å²) < 4.78 is 1.81. The molecule has 0 spiro atoms. The molecule has 1 fully saturated rings. The monoisotopic (exact) mass is 251 g/mol. The van der Waals surface area contributed by atoms with Gasteiger partial charge in [-0.25, -0.2) is 0 Å². The summed E-state index contributed by atoms with van der Waals surface area (Å²) in [7, 11) is 4.02. The summed E-state index contributed by atoms with van der Waals surface area (Å²) in [5.74, 6) is 0.335. The van der Waals surface area contributed by atoms with Crippen LogP contribution in [-0.2, 0) is 13.6 Å². The minimum Gasteiger partial charge on any atom is -0.409 e. The fourth-order valence-corrected chi connectivity index (χ4v) is 2.48. The Balaban J connectivity index is 1.86. The van der Waals surface area contributed by atoms with E-state index in [2.05, 4.69) is 22.2 Å². The van der Waals surface area contributed by atoms with Gasteiger partial charge in [-0.15, -0.1) is 0 Å². The number of aromatic nitrogens is 2. The maximum atomic E-state index is 8.64. The van der Waals surface area contributed by atoms with Crippen LogP contribution in [0.3, 0.4) is 0 Å². The molecule has 100 valence electrons. The molecule has 0 unspecified atom stereocenters. The van der Waals surface area contributed by atoms with Gasteiger partial charge in [0.1, 0.15) is 5.84 Å². The topological polar surface area (TPSA) is 79.7 Å². The first-order valence-corrected chi connectivity index (χ1v) is 6.15. The van der Waals surface area contributed by atoms with Crippen LogP contribution in [0.2, 0.25) is 0 Å². The summed E-state index contributed by atoms with van der Waals surface area (Å²) in [6, 6.07) is 0. The largest absolute Gasteiger partial charge is 0.409 e. The number of amidine groups is 1. The molecule has 1 aliphatic carbocycles. The van der Waals surface area contributed by atoms with E-state index in [1.165, 1.54) is 5.56 Å². The molecule has 1 heterocycles. The van der Waals surface area contributed by atoms with Gasteiger partial charge in [0.05, 0.1) is 6.20 Å². The van der Waals surface area contributed by atoms with E-state index in [0.29, 0.717) is 12.3 Å². The molecule has 0 radical (unpaired) electrons. The lowest BCUT2D eigenvalue weighted by molar-refractivity contribution is 0.256. The van der Waals surface area contributed by atoms with Gasteiger partial charge >= 0.3 is 0 Å². The van der Waals surface area contributed by atoms with Gasteiger partial charge in [0.2, 0.25) is 0 Å². The van der Waals surface area contributed by atoms with E-state index in [9.17, 15) is 0 Å². The summed E-state index contributed by atoms with van der Waals surface area (Å²) in [6.45, 7) is 1.85. The Labute approximate surface area is 107 Å². The first kappa shape index (κ1) is 12.9. The Kier molecular flexibility index (Phi) is 3.56. The number of nitrogens with zero attached hydrogens (tertiary/aromatic N) is 4. The fourth-order valence-electron chi connectivity index (χ4n) is 2.48. The van der Waals surface area contributed by atoms with Crippen molar-refractivity contribution >= 4 is 5.84 Å². The molecule has 0 aliphatic heterocycles. The Bertz CT molecular complexity index is 435. The van der Waals surface area contributed by atoms with Crippen molar-refractivity contribution in [2.24, 2.45) is 23.4 Å². The van der Waals surface area contributed by atoms with E-state index >= 15 is 0 Å². The van der Waals surface area contributed by atoms with Crippen molar-refractivity contribution in [1.29, 1.82) is 0 Å². The first-order valence-electron chi connectivity index (χ1n) is 6.15. The molecule has 1 aliphatic rings. The van der Waals surface area contributed by atoms with Gasteiger partial charge in [-0.1, -0.05) is 5.16 Å². The molecule has 2 rings (SSSR count). The molecule has 1 aromatic rings. The smallest absolute Gasteiger partial charge is 0.139 e. The van der Waals surface area contributed by atoms with Crippen molar-refractivity contribution in [1.82, 2.24) is 14.7 Å². The highest BCUT2D eigenvalue weighted by molar-refractivity contribution is 5.80. The molecule has 1 saturated carbocycles. The number of rotatable bonds is 6. The lowest BCUT2D eigenvalue weighted by Crippen LogP contribution is -2.29. The van der Waals surface area contributed by atoms with Crippen molar-refractivity contribution in [2.75, 3.05) is 13.6 Å². The zero-order valence-corrected chi connectivity index (χ0v) is 11.0. The quantitative estimate of drug-likeness (QED) is 0.339. The molecule has 6 nitrogen and oxygen atoms in total. The van der Waals surface area contributed by atoms with Crippen LogP contribution < -0.4 is 5.73 Å². The van der Waals surface area contributed by atoms with Gasteiger partial charge in [-0.3, -0.25) is 4.68 Å². The van der Waals surface area contributed by atoms with Crippen LogP contribution in [0.25, 0.3) is 0 Å². The average molecular weight is 251 g/mol. The van der Waals surface area contributed by atoms with E-state index < -0.39 is 0 Å². The van der Waals surface area contributed by atoms with Gasteiger partial charge in [-0.2, -0.15) is 5.10 Å². The molecule has 0 atom stereocenters. The van der Waals surface area contributed by atoms with E-state index in [0.717, 1.165) is 25.9 Å². The second kappa shape index (κ2) is 4.97. The van der Waals surface area contributed by atoms with E-state index in [1.807, 2.05) is 24.1 Å². The van der Waals surface area contributed by atoms with E-state index in [1.54, 1.807) is 0 Å². The minimum atomic E-state index is 0.216. The summed E-state index contributed by atoms with van der Waals surface area (Å²) in [6.07, 6.45) is 6.90. The van der Waals surface area contributed by atoms with Gasteiger partial charge in [0.25, 0.3) is 0 Å². The highest BCUT2D eigenvalue weighted by Crippen LogP contribution is 2.49. The Hall–Kier alpha value is -1.56. The Morgan fingerprint density at radius 1 is 1.67 bits per heavy atom. The molecule has 18 heavy (non-hydrogen) atoms. The summed E-state index contributed by atoms with van der Waals surface area (Å²) in [5, 5.41) is 15.9. The SMILES string of the molecule is CN(Cc1cnn(C)c1)CC1(CC(N)=NO)CC1. The third kappa shape index (κ3) is 3.22. The van der Waals surface area contributed by atoms with Gasteiger partial charge in [-0.05, 0) is 25.3 Å². The average Bonchev–Trinajstić information content (AvgIpc) is 2.92. The van der Waals surface area contributed by atoms with Crippen LogP contribution in [0.15, 0.2) is 17.5 Å². The minimum absolute atomic E-state index is 0.216. The molecule has 6 heteroatoms. The molecule has 3 N–H and O–H groups in total. The lowest BCUT2D eigenvalue weighted by Gasteiger charge is -2.22. The van der Waals surface area contributed by atoms with Crippen LogP contribution in [0.4, 0.5) is 0 Å². The van der Waals surface area contributed by atoms with E-state index in [-0.39, 0.29) is 5.41 Å². The molecule has 0 saturated heterocycles. The second-order valence-electron chi connectivity index (χ2n) is 5.46. The van der Waals surface area contributed by atoms with Crippen molar-refractivity contribution in [3.05, 3.63) is 18.0 Å². The molecule has 0 bridgehead atoms. The number of hydrogen-bond donors (Lipinski definition) is 2. The molecular weight excluding hydrogens is 230 g/mol. The maximum absolute atomic E-state index is 8.64. The fraction of sp³-hybridized carbons (Fsp3) is 0.667. The highest BCUT2D eigenvalue weighted by atomic mass is 16.4. The van der Waals surface area contributed by atoms with Crippen molar-refractivity contribution in [3.63, 3.8) is 0 Å². The highest BCUT2D eigenvalue weighted by Gasteiger charge is 2.43. The van der Waals surface area contributed by atoms with Gasteiger partial charge < -0.3 is 15.8 Å². The summed E-state index contributed by atoms with van der Waals surface area (Å²) >= 11 is 0. The Morgan fingerprint density at radius 2 is 2.39 bits per heavy atom. The Morgan fingerprint density at radius 3 is 2.89 bits per heavy atom. The maximum Gasteiger partial charge on any atom is 0.139 e. The number of aryl methyl sites for hydroxylation is 1. The first-order chi connectivity index (χ1) is 8.53. The van der Waals surface area contributed by atoms with Crippen molar-refractivity contribution in [2.45, 2.75) is 25.8 Å². The van der Waals surface area contributed by atoms with Crippen LogP contribution >= 0.6 is 0 Å². The standard InChI is InChI=1S/C12H21N5O/c1-16(7-10-6-14-17(2)8-10)9-12(3-4-12)5-11(13)15-18/h6,8,18H,3-5,7,9H2,1-2H3,(H2,13,15). The molecular formula is C12H21N5O. The molecule has 0 aromatic carbocycles. The van der Waals surface area contributed by atoms with Crippen molar-refractivity contribution < 1.29 is 5.21 Å². The zero-order valence-electron chi connectivity index (χ0n) is 11.0. The number of oxime groups is 1. The number of hydrogen-bond acceptors (Lipinski definition) is 4. The van der Waals surface area contributed by atoms with Crippen LogP contribution in [0.1, 0.15) is 24.8 Å². The summed E-state index contributed by atoms with van der Waals surface area (Å²) in [4.78, 5) is 2.27. The van der Waals surface area contributed by atoms with E-state index in [4.69, 9.17) is 10.9 Å². The second-order valence-corrected chi connectivity index (χ2v) is 5.46. The van der Waals surface area contributed by atoms with Crippen LogP contribution in [0, 0.1) is 5.41 Å². The third-order valence-corrected chi connectivity index (χ3v) is 3.46. The van der Waals surface area contributed by atoms with Crippen molar-refractivity contribution in [3.8, 4) is 0 Å². The number of nitrogens with two attached hydrogens (primary N) is 1. The molecule has 0 amide bonds. The predicted octanol–water partition coefficient (Wildman–Crippen LogP) is 0.769. The van der Waals surface area contributed by atoms with Crippen LogP contribution in [-0.4, -0.2) is 39.3 Å². The normalized spacial score (nSPS) is 18.3. The van der Waals surface area contributed by atoms with Crippen LogP contribution in [0.5, 0.6) is 0 Å². The third-order valence-electron chi connectivity index (χ3n) is 3.46. The summed E-state index contributed by atoms with van der Waals surface area (Å²) in [5.41, 5.74) is 7.02. The van der Waals surface area contributed by atoms with Gasteiger partial charge in [0.15, 0.2) is 0 Å². The molecule has 1 aromatic heterocycles.